The molecule has 1 saturated heterocycles. The number of carbonyl (C=O) groups is 1. The van der Waals surface area contributed by atoms with Crippen molar-refractivity contribution >= 4 is 29.0 Å². The van der Waals surface area contributed by atoms with Crippen molar-refractivity contribution in [2.75, 3.05) is 20.8 Å². The van der Waals surface area contributed by atoms with Crippen LogP contribution in [0.2, 0.25) is 0 Å². The number of benzene rings is 1. The second kappa shape index (κ2) is 10.5. The van der Waals surface area contributed by atoms with E-state index < -0.39 is 4.92 Å². The van der Waals surface area contributed by atoms with Crippen molar-refractivity contribution in [2.45, 2.75) is 24.9 Å². The number of nitrogens with one attached hydrogen (secondary N) is 1. The van der Waals surface area contributed by atoms with Gasteiger partial charge in [-0.1, -0.05) is 6.07 Å². The molecule has 0 radical (unpaired) electrons. The number of nitro groups is 1. The molecule has 1 aromatic carbocycles. The first kappa shape index (κ1) is 24.1. The van der Waals surface area contributed by atoms with Gasteiger partial charge in [-0.3, -0.25) is 19.9 Å². The lowest BCUT2D eigenvalue weighted by Crippen LogP contribution is -2.30. The topological polar surface area (TPSA) is 120 Å². The summed E-state index contributed by atoms with van der Waals surface area (Å²) in [6, 6.07) is 13.1. The van der Waals surface area contributed by atoms with Crippen LogP contribution in [-0.4, -0.2) is 46.7 Å². The van der Waals surface area contributed by atoms with Gasteiger partial charge in [0.1, 0.15) is 23.3 Å². The molecule has 1 fully saturated rings. The number of aromatic nitrogens is 1. The molecule has 4 rings (SSSR count). The molecule has 0 aliphatic carbocycles. The van der Waals surface area contributed by atoms with Crippen molar-refractivity contribution in [2.24, 2.45) is 0 Å². The maximum atomic E-state index is 11.6. The number of rotatable bonds is 9. The predicted molar refractivity (Wildman–Crippen MR) is 131 cm³/mol. The minimum absolute atomic E-state index is 0.0743. The highest BCUT2D eigenvalue weighted by Gasteiger charge is 2.41. The van der Waals surface area contributed by atoms with Gasteiger partial charge in [0.2, 0.25) is 0 Å². The van der Waals surface area contributed by atoms with Gasteiger partial charge < -0.3 is 24.1 Å². The van der Waals surface area contributed by atoms with Crippen LogP contribution in [0.3, 0.4) is 0 Å². The first-order valence-electron chi connectivity index (χ1n) is 10.9. The molecule has 1 aliphatic rings. The summed E-state index contributed by atoms with van der Waals surface area (Å²) in [5, 5.41) is 15.0. The quantitative estimate of drug-likeness (QED) is 0.200. The molecule has 0 bridgehead atoms. The highest BCUT2D eigenvalue weighted by atomic mass is 32.1. The number of methoxy groups -OCH3 is 2. The van der Waals surface area contributed by atoms with E-state index in [1.54, 1.807) is 18.3 Å². The van der Waals surface area contributed by atoms with Crippen molar-refractivity contribution in [3.63, 3.8) is 0 Å². The molecule has 35 heavy (non-hydrogen) atoms. The monoisotopic (exact) mass is 496 g/mol. The molecule has 0 amide bonds. The standard InChI is InChI=1S/C24H24N4O6S/c1-32-20-14-15(28(30)31)8-9-16(20)18-10-11-19(34-18)23-22(17-6-3-4-12-25-17)26-24(35)27(23)13-5-7-21(29)33-2/h3-4,6,8-12,14,22-23H,5,7,13H2,1-2H3,(H,26,35). The highest BCUT2D eigenvalue weighted by Crippen LogP contribution is 2.42. The average Bonchev–Trinajstić information content (AvgIpc) is 3.48. The molecule has 182 valence electrons. The lowest BCUT2D eigenvalue weighted by atomic mass is 10.0. The Hall–Kier alpha value is -3.99. The summed E-state index contributed by atoms with van der Waals surface area (Å²) in [6.45, 7) is 0.506. The maximum absolute atomic E-state index is 11.6. The van der Waals surface area contributed by atoms with Gasteiger partial charge in [0.25, 0.3) is 5.69 Å². The molecule has 10 nitrogen and oxygen atoms in total. The fraction of sp³-hybridized carbons (Fsp3) is 0.292. The summed E-state index contributed by atoms with van der Waals surface area (Å²) in [7, 11) is 2.81. The molecule has 1 N–H and O–H groups in total. The number of furan rings is 1. The molecular formula is C24H24N4O6S. The number of non-ortho nitro benzene ring substituents is 1. The largest absolute Gasteiger partial charge is 0.496 e. The van der Waals surface area contributed by atoms with Crippen molar-refractivity contribution in [3.8, 4) is 17.1 Å². The third kappa shape index (κ3) is 5.09. The molecule has 0 spiro atoms. The first-order chi connectivity index (χ1) is 16.9. The van der Waals surface area contributed by atoms with Crippen LogP contribution >= 0.6 is 12.2 Å². The Morgan fingerprint density at radius 1 is 1.26 bits per heavy atom. The molecule has 2 unspecified atom stereocenters. The lowest BCUT2D eigenvalue weighted by molar-refractivity contribution is -0.384. The van der Waals surface area contributed by atoms with Crippen LogP contribution < -0.4 is 10.1 Å². The number of esters is 1. The van der Waals surface area contributed by atoms with Crippen LogP contribution in [0, 0.1) is 10.1 Å². The van der Waals surface area contributed by atoms with E-state index in [0.717, 1.165) is 5.69 Å². The molecule has 11 heteroatoms. The number of hydrogen-bond donors (Lipinski definition) is 1. The van der Waals surface area contributed by atoms with E-state index in [4.69, 9.17) is 26.1 Å². The zero-order chi connectivity index (χ0) is 24.9. The molecule has 3 aromatic rings. The zero-order valence-corrected chi connectivity index (χ0v) is 20.0. The normalized spacial score (nSPS) is 17.2. The first-order valence-corrected chi connectivity index (χ1v) is 11.3. The van der Waals surface area contributed by atoms with Crippen LogP contribution in [0.5, 0.6) is 5.75 Å². The molecule has 1 aliphatic heterocycles. The van der Waals surface area contributed by atoms with Crippen LogP contribution in [0.25, 0.3) is 11.3 Å². The van der Waals surface area contributed by atoms with E-state index >= 15 is 0 Å². The number of nitro benzene ring substituents is 1. The molecule has 2 aromatic heterocycles. The minimum atomic E-state index is -0.478. The number of thiocarbonyl (C=S) groups is 1. The number of carbonyl (C=O) groups excluding carboxylic acids is 1. The Labute approximate surface area is 207 Å². The number of ether oxygens (including phenoxy) is 2. The van der Waals surface area contributed by atoms with E-state index in [9.17, 15) is 14.9 Å². The third-order valence-corrected chi connectivity index (χ3v) is 6.14. The van der Waals surface area contributed by atoms with Gasteiger partial charge in [-0.05, 0) is 49.0 Å². The summed E-state index contributed by atoms with van der Waals surface area (Å²) < 4.78 is 16.4. The summed E-state index contributed by atoms with van der Waals surface area (Å²) in [5.74, 6) is 1.17. The fourth-order valence-corrected chi connectivity index (χ4v) is 4.44. The smallest absolute Gasteiger partial charge is 0.305 e. The van der Waals surface area contributed by atoms with E-state index in [1.165, 1.54) is 26.4 Å². The third-order valence-electron chi connectivity index (χ3n) is 5.79. The molecule has 0 saturated carbocycles. The van der Waals surface area contributed by atoms with Crippen LogP contribution in [0.15, 0.2) is 59.1 Å². The van der Waals surface area contributed by atoms with Gasteiger partial charge in [-0.2, -0.15) is 0 Å². The number of nitrogens with zero attached hydrogens (tertiary/aromatic N) is 3. The average molecular weight is 497 g/mol. The Morgan fingerprint density at radius 2 is 2.09 bits per heavy atom. The van der Waals surface area contributed by atoms with Gasteiger partial charge in [-0.15, -0.1) is 0 Å². The van der Waals surface area contributed by atoms with Crippen molar-refractivity contribution < 1.29 is 23.6 Å². The van der Waals surface area contributed by atoms with E-state index in [1.807, 2.05) is 29.2 Å². The van der Waals surface area contributed by atoms with Crippen molar-refractivity contribution in [3.05, 3.63) is 76.3 Å². The van der Waals surface area contributed by atoms with Gasteiger partial charge in [0.15, 0.2) is 5.11 Å². The summed E-state index contributed by atoms with van der Waals surface area (Å²) in [4.78, 5) is 28.8. The van der Waals surface area contributed by atoms with E-state index in [2.05, 4.69) is 10.3 Å². The van der Waals surface area contributed by atoms with E-state index in [-0.39, 0.29) is 30.2 Å². The Morgan fingerprint density at radius 3 is 2.77 bits per heavy atom. The van der Waals surface area contributed by atoms with Crippen LogP contribution in [0.4, 0.5) is 5.69 Å². The van der Waals surface area contributed by atoms with Crippen molar-refractivity contribution in [1.82, 2.24) is 15.2 Å². The second-order valence-corrected chi connectivity index (χ2v) is 8.23. The minimum Gasteiger partial charge on any atom is -0.496 e. The lowest BCUT2D eigenvalue weighted by Gasteiger charge is -2.26. The van der Waals surface area contributed by atoms with Crippen LogP contribution in [-0.2, 0) is 9.53 Å². The Balaban J connectivity index is 1.68. The summed E-state index contributed by atoms with van der Waals surface area (Å²) in [5.41, 5.74) is 1.31. The second-order valence-electron chi connectivity index (χ2n) is 7.84. The fourth-order valence-electron chi connectivity index (χ4n) is 4.10. The van der Waals surface area contributed by atoms with Gasteiger partial charge in [-0.25, -0.2) is 0 Å². The predicted octanol–water partition coefficient (Wildman–Crippen LogP) is 4.18. The SMILES string of the molecule is COC(=O)CCCN1C(=S)NC(c2ccccn2)C1c1ccc(-c2ccc([N+](=O)[O-])cc2OC)o1. The number of pyridine rings is 1. The number of hydrogen-bond acceptors (Lipinski definition) is 8. The summed E-state index contributed by atoms with van der Waals surface area (Å²) >= 11 is 5.63. The van der Waals surface area contributed by atoms with E-state index in [0.29, 0.717) is 40.9 Å². The highest BCUT2D eigenvalue weighted by molar-refractivity contribution is 7.80. The van der Waals surface area contributed by atoms with Gasteiger partial charge in [0.05, 0.1) is 42.5 Å². The molecular weight excluding hydrogens is 472 g/mol. The summed E-state index contributed by atoms with van der Waals surface area (Å²) in [6.07, 6.45) is 2.52. The Bertz CT molecular complexity index is 1230. The zero-order valence-electron chi connectivity index (χ0n) is 19.2. The Kier molecular flexibility index (Phi) is 7.25. The maximum Gasteiger partial charge on any atom is 0.305 e. The molecule has 3 heterocycles. The van der Waals surface area contributed by atoms with Gasteiger partial charge in [0, 0.05) is 25.2 Å². The van der Waals surface area contributed by atoms with Gasteiger partial charge >= 0.3 is 5.97 Å². The van der Waals surface area contributed by atoms with Crippen molar-refractivity contribution in [1.29, 1.82) is 0 Å². The van der Waals surface area contributed by atoms with Crippen LogP contribution in [0.1, 0.15) is 36.4 Å². The molecule has 2 atom stereocenters.